The van der Waals surface area contributed by atoms with Gasteiger partial charge in [-0.3, -0.25) is 4.79 Å². The third-order valence-electron chi connectivity index (χ3n) is 4.03. The number of carbonyl (C=O) groups is 1. The molecule has 2 aromatic carbocycles. The molecule has 7 heteroatoms. The van der Waals surface area contributed by atoms with Crippen LogP contribution in [-0.4, -0.2) is 28.0 Å². The molecule has 1 atom stereocenters. The predicted octanol–water partition coefficient (Wildman–Crippen LogP) is 4.78. The van der Waals surface area contributed by atoms with Crippen molar-refractivity contribution in [2.24, 2.45) is 0 Å². The summed E-state index contributed by atoms with van der Waals surface area (Å²) in [5.41, 5.74) is 2.61. The summed E-state index contributed by atoms with van der Waals surface area (Å²) in [6.45, 7) is 0. The SMILES string of the molecule is CNc1nnc(S[C@@H](C(=O)c2c[nH]c3ccccc23)c2ccccc2)s1. The molecule has 2 N–H and O–H groups in total. The number of aromatic nitrogens is 3. The van der Waals surface area contributed by atoms with Crippen LogP contribution in [0.3, 0.4) is 0 Å². The Morgan fingerprint density at radius 3 is 2.65 bits per heavy atom. The van der Waals surface area contributed by atoms with Gasteiger partial charge in [0.15, 0.2) is 10.1 Å². The first kappa shape index (κ1) is 16.8. The molecular formula is C19H16N4OS2. The number of H-pyrrole nitrogens is 1. The van der Waals surface area contributed by atoms with Crippen LogP contribution in [0.25, 0.3) is 10.9 Å². The topological polar surface area (TPSA) is 70.7 Å². The van der Waals surface area contributed by atoms with Gasteiger partial charge in [0, 0.05) is 29.7 Å². The van der Waals surface area contributed by atoms with Crippen LogP contribution in [0.5, 0.6) is 0 Å². The Kier molecular flexibility index (Phi) is 4.73. The highest BCUT2D eigenvalue weighted by atomic mass is 32.2. The Bertz CT molecular complexity index is 1040. The Balaban J connectivity index is 1.73. The monoisotopic (exact) mass is 380 g/mol. The standard InChI is InChI=1S/C19H16N4OS2/c1-20-18-22-23-19(26-18)25-17(12-7-3-2-4-8-12)16(24)14-11-21-15-10-6-5-9-13(14)15/h2-11,17,21H,1H3,(H,20,22)/t17-/m1/s1. The van der Waals surface area contributed by atoms with Gasteiger partial charge in [0.05, 0.1) is 0 Å². The summed E-state index contributed by atoms with van der Waals surface area (Å²) in [5.74, 6) is 0.0554. The number of anilines is 1. The minimum atomic E-state index is -0.381. The van der Waals surface area contributed by atoms with Crippen molar-refractivity contribution in [2.75, 3.05) is 12.4 Å². The van der Waals surface area contributed by atoms with E-state index >= 15 is 0 Å². The Hall–Kier alpha value is -2.64. The smallest absolute Gasteiger partial charge is 0.206 e. The average Bonchev–Trinajstić information content (AvgIpc) is 3.33. The summed E-state index contributed by atoms with van der Waals surface area (Å²) in [6, 6.07) is 17.6. The average molecular weight is 380 g/mol. The molecule has 0 saturated carbocycles. The van der Waals surface area contributed by atoms with Gasteiger partial charge in [-0.2, -0.15) is 0 Å². The number of ketones is 1. The summed E-state index contributed by atoms with van der Waals surface area (Å²) in [4.78, 5) is 16.6. The van der Waals surface area contributed by atoms with Crippen molar-refractivity contribution in [2.45, 2.75) is 9.59 Å². The van der Waals surface area contributed by atoms with Crippen LogP contribution in [0.15, 0.2) is 65.1 Å². The van der Waals surface area contributed by atoms with Gasteiger partial charge in [0.1, 0.15) is 5.25 Å². The number of fused-ring (bicyclic) bond motifs is 1. The zero-order valence-electron chi connectivity index (χ0n) is 14.0. The van der Waals surface area contributed by atoms with E-state index in [9.17, 15) is 4.79 Å². The molecule has 2 aromatic heterocycles. The number of rotatable bonds is 6. The quantitative estimate of drug-likeness (QED) is 0.372. The summed E-state index contributed by atoms with van der Waals surface area (Å²) in [7, 11) is 1.81. The predicted molar refractivity (Wildman–Crippen MR) is 107 cm³/mol. The first-order chi connectivity index (χ1) is 12.8. The van der Waals surface area contributed by atoms with Crippen LogP contribution >= 0.6 is 23.1 Å². The molecule has 0 amide bonds. The summed E-state index contributed by atoms with van der Waals surface area (Å²) in [6.07, 6.45) is 1.79. The first-order valence-electron chi connectivity index (χ1n) is 8.09. The lowest BCUT2D eigenvalue weighted by Crippen LogP contribution is -2.09. The molecule has 26 heavy (non-hydrogen) atoms. The molecule has 0 aliphatic rings. The van der Waals surface area contributed by atoms with Gasteiger partial charge in [0.25, 0.3) is 0 Å². The zero-order chi connectivity index (χ0) is 17.9. The third-order valence-corrected chi connectivity index (χ3v) is 6.31. The number of nitrogens with zero attached hydrogens (tertiary/aromatic N) is 2. The largest absolute Gasteiger partial charge is 0.363 e. The molecule has 0 radical (unpaired) electrons. The lowest BCUT2D eigenvalue weighted by atomic mass is 10.0. The molecular weight excluding hydrogens is 364 g/mol. The third kappa shape index (κ3) is 3.23. The fourth-order valence-electron chi connectivity index (χ4n) is 2.78. The van der Waals surface area contributed by atoms with E-state index in [-0.39, 0.29) is 11.0 Å². The van der Waals surface area contributed by atoms with Crippen LogP contribution in [0.2, 0.25) is 0 Å². The van der Waals surface area contributed by atoms with Crippen molar-refractivity contribution in [3.63, 3.8) is 0 Å². The van der Waals surface area contributed by atoms with E-state index in [0.717, 1.165) is 25.9 Å². The van der Waals surface area contributed by atoms with E-state index in [1.54, 1.807) is 13.2 Å². The van der Waals surface area contributed by atoms with Crippen molar-refractivity contribution in [1.29, 1.82) is 0 Å². The summed E-state index contributed by atoms with van der Waals surface area (Å²) < 4.78 is 0.761. The van der Waals surface area contributed by atoms with Gasteiger partial charge < -0.3 is 10.3 Å². The molecule has 0 unspecified atom stereocenters. The maximum atomic E-state index is 13.4. The molecule has 4 rings (SSSR count). The molecule has 0 bridgehead atoms. The van der Waals surface area contributed by atoms with E-state index in [4.69, 9.17) is 0 Å². The van der Waals surface area contributed by atoms with Crippen LogP contribution in [0, 0.1) is 0 Å². The first-order valence-corrected chi connectivity index (χ1v) is 9.79. The van der Waals surface area contributed by atoms with Crippen molar-refractivity contribution >= 4 is 44.9 Å². The highest BCUT2D eigenvalue weighted by Gasteiger charge is 2.26. The fourth-order valence-corrected chi connectivity index (χ4v) is 4.74. The molecule has 0 fully saturated rings. The second kappa shape index (κ2) is 7.31. The van der Waals surface area contributed by atoms with Crippen molar-refractivity contribution in [1.82, 2.24) is 15.2 Å². The Morgan fingerprint density at radius 1 is 1.12 bits per heavy atom. The number of thioether (sulfide) groups is 1. The van der Waals surface area contributed by atoms with E-state index in [0.29, 0.717) is 5.56 Å². The molecule has 2 heterocycles. The van der Waals surface area contributed by atoms with Crippen molar-refractivity contribution in [3.05, 3.63) is 71.9 Å². The number of Topliss-reactive ketones (excluding diaryl/α,β-unsaturated/α-hetero) is 1. The van der Waals surface area contributed by atoms with E-state index in [2.05, 4.69) is 20.5 Å². The maximum Gasteiger partial charge on any atom is 0.206 e. The van der Waals surface area contributed by atoms with Crippen molar-refractivity contribution in [3.8, 4) is 0 Å². The zero-order valence-corrected chi connectivity index (χ0v) is 15.6. The number of hydrogen-bond donors (Lipinski definition) is 2. The highest BCUT2D eigenvalue weighted by Crippen LogP contribution is 2.40. The second-order valence-electron chi connectivity index (χ2n) is 5.64. The van der Waals surface area contributed by atoms with Crippen LogP contribution in [0.1, 0.15) is 21.2 Å². The fraction of sp³-hybridized carbons (Fsp3) is 0.105. The lowest BCUT2D eigenvalue weighted by molar-refractivity contribution is 0.0991. The van der Waals surface area contributed by atoms with Crippen LogP contribution in [0.4, 0.5) is 5.13 Å². The van der Waals surface area contributed by atoms with Gasteiger partial charge in [-0.15, -0.1) is 10.2 Å². The Morgan fingerprint density at radius 2 is 1.88 bits per heavy atom. The van der Waals surface area contributed by atoms with Gasteiger partial charge >= 0.3 is 0 Å². The van der Waals surface area contributed by atoms with Crippen molar-refractivity contribution < 1.29 is 4.79 Å². The number of carbonyl (C=O) groups excluding carboxylic acids is 1. The molecule has 5 nitrogen and oxygen atoms in total. The van der Waals surface area contributed by atoms with Crippen LogP contribution in [-0.2, 0) is 0 Å². The molecule has 0 aliphatic heterocycles. The van der Waals surface area contributed by atoms with E-state index in [1.165, 1.54) is 23.1 Å². The van der Waals surface area contributed by atoms with E-state index in [1.807, 2.05) is 54.6 Å². The normalized spacial score (nSPS) is 12.2. The second-order valence-corrected chi connectivity index (χ2v) is 7.97. The minimum Gasteiger partial charge on any atom is -0.363 e. The highest BCUT2D eigenvalue weighted by molar-refractivity contribution is 8.02. The van der Waals surface area contributed by atoms with Gasteiger partial charge in [-0.05, 0) is 11.6 Å². The molecule has 130 valence electrons. The number of aromatic amines is 1. The number of hydrogen-bond acceptors (Lipinski definition) is 6. The number of benzene rings is 2. The van der Waals surface area contributed by atoms with Gasteiger partial charge in [-0.1, -0.05) is 71.6 Å². The molecule has 0 spiro atoms. The molecule has 4 aromatic rings. The molecule has 0 saturated heterocycles. The summed E-state index contributed by atoms with van der Waals surface area (Å²) >= 11 is 2.88. The number of para-hydroxylation sites is 1. The number of nitrogens with one attached hydrogen (secondary N) is 2. The Labute approximate surface area is 158 Å². The minimum absolute atomic E-state index is 0.0554. The summed E-state index contributed by atoms with van der Waals surface area (Å²) in [5, 5.41) is 12.5. The van der Waals surface area contributed by atoms with Crippen LogP contribution < -0.4 is 5.32 Å². The van der Waals surface area contributed by atoms with Gasteiger partial charge in [0.2, 0.25) is 5.13 Å². The lowest BCUT2D eigenvalue weighted by Gasteiger charge is -2.14. The van der Waals surface area contributed by atoms with Gasteiger partial charge in [-0.25, -0.2) is 0 Å². The van der Waals surface area contributed by atoms with E-state index < -0.39 is 0 Å². The maximum absolute atomic E-state index is 13.4. The molecule has 0 aliphatic carbocycles.